The van der Waals surface area contributed by atoms with Crippen LogP contribution in [0.25, 0.3) is 22.0 Å². The minimum Gasteiger partial charge on any atom is -0.486 e. The average Bonchev–Trinajstić information content (AvgIpc) is 3.50. The molecule has 2 aromatic heterocycles. The van der Waals surface area contributed by atoms with Crippen LogP contribution in [0.5, 0.6) is 5.75 Å². The fourth-order valence-electron chi connectivity index (χ4n) is 4.33. The molecule has 0 spiro atoms. The van der Waals surface area contributed by atoms with Gasteiger partial charge in [-0.05, 0) is 62.4 Å². The van der Waals surface area contributed by atoms with E-state index in [4.69, 9.17) is 10.5 Å². The molecule has 1 aliphatic rings. The Balaban J connectivity index is 1.79. The van der Waals surface area contributed by atoms with Crippen LogP contribution >= 0.6 is 0 Å². The Morgan fingerprint density at radius 2 is 1.92 bits per heavy atom. The van der Waals surface area contributed by atoms with Crippen LogP contribution in [0.15, 0.2) is 58.5 Å². The molecular weight excluding hydrogens is 484 g/mol. The summed E-state index contributed by atoms with van der Waals surface area (Å²) in [5.41, 5.74) is 6.68. The van der Waals surface area contributed by atoms with Crippen LogP contribution in [-0.2, 0) is 10.0 Å². The SMILES string of the molecule is Cc1ccc(S(=O)(=O)n2cc(-c3ccc(N)c([N+](=O)[O-])c3OCC3CC3)c3cc[nH]c3c2=O)c(C)c1. The molecule has 2 heterocycles. The van der Waals surface area contributed by atoms with Crippen LogP contribution in [0.3, 0.4) is 0 Å². The maximum Gasteiger partial charge on any atom is 0.334 e. The van der Waals surface area contributed by atoms with Gasteiger partial charge in [-0.15, -0.1) is 0 Å². The van der Waals surface area contributed by atoms with Crippen LogP contribution in [0.2, 0.25) is 0 Å². The number of ether oxygens (including phenoxy) is 1. The number of nitrogens with two attached hydrogens (primary N) is 1. The van der Waals surface area contributed by atoms with Gasteiger partial charge in [0, 0.05) is 28.9 Å². The third-order valence-corrected chi connectivity index (χ3v) is 8.16. The smallest absolute Gasteiger partial charge is 0.334 e. The molecule has 4 aromatic rings. The van der Waals surface area contributed by atoms with E-state index in [0.29, 0.717) is 20.8 Å². The number of hydrogen-bond donors (Lipinski definition) is 2. The molecule has 0 saturated heterocycles. The van der Waals surface area contributed by atoms with E-state index in [1.165, 1.54) is 24.5 Å². The molecule has 10 nitrogen and oxygen atoms in total. The number of nitro groups is 1. The number of benzene rings is 2. The minimum absolute atomic E-state index is 0.0134. The molecule has 186 valence electrons. The number of anilines is 1. The summed E-state index contributed by atoms with van der Waals surface area (Å²) in [4.78, 5) is 27.4. The first-order chi connectivity index (χ1) is 17.1. The average molecular weight is 509 g/mol. The molecule has 36 heavy (non-hydrogen) atoms. The van der Waals surface area contributed by atoms with Gasteiger partial charge >= 0.3 is 5.69 Å². The second kappa shape index (κ2) is 8.52. The van der Waals surface area contributed by atoms with Crippen molar-refractivity contribution in [3.63, 3.8) is 0 Å². The van der Waals surface area contributed by atoms with Gasteiger partial charge in [-0.3, -0.25) is 14.9 Å². The van der Waals surface area contributed by atoms with E-state index in [2.05, 4.69) is 4.98 Å². The van der Waals surface area contributed by atoms with E-state index in [-0.39, 0.29) is 39.6 Å². The van der Waals surface area contributed by atoms with Gasteiger partial charge in [0.05, 0.1) is 16.4 Å². The lowest BCUT2D eigenvalue weighted by Gasteiger charge is -2.16. The number of fused-ring (bicyclic) bond motifs is 1. The van der Waals surface area contributed by atoms with E-state index in [1.54, 1.807) is 31.2 Å². The monoisotopic (exact) mass is 508 g/mol. The number of nitro benzene ring substituents is 1. The van der Waals surface area contributed by atoms with E-state index < -0.39 is 26.2 Å². The number of aromatic nitrogens is 2. The lowest BCUT2D eigenvalue weighted by Crippen LogP contribution is -2.28. The van der Waals surface area contributed by atoms with Crippen LogP contribution in [0.1, 0.15) is 24.0 Å². The molecule has 0 bridgehead atoms. The van der Waals surface area contributed by atoms with Gasteiger partial charge in [0.1, 0.15) is 11.2 Å². The van der Waals surface area contributed by atoms with Gasteiger partial charge in [-0.2, -0.15) is 0 Å². The van der Waals surface area contributed by atoms with Crippen molar-refractivity contribution >= 4 is 32.3 Å². The standard InChI is InChI=1S/C25H24N4O6S/c1-14-3-8-21(15(2)11-14)36(33,34)28-12-19(17-9-10-27-22(17)25(28)30)18-6-7-20(26)23(29(31)32)24(18)35-13-16-4-5-16/h3,6-12,16,27H,4-5,13,26H2,1-2H3. The summed E-state index contributed by atoms with van der Waals surface area (Å²) >= 11 is 0. The Morgan fingerprint density at radius 1 is 1.17 bits per heavy atom. The number of H-pyrrole nitrogens is 1. The fourth-order valence-corrected chi connectivity index (χ4v) is 5.80. The maximum absolute atomic E-state index is 13.7. The van der Waals surface area contributed by atoms with Gasteiger partial charge in [0.2, 0.25) is 5.75 Å². The van der Waals surface area contributed by atoms with Gasteiger partial charge in [-0.1, -0.05) is 17.7 Å². The topological polar surface area (TPSA) is 150 Å². The Labute approximate surface area is 206 Å². The molecule has 0 atom stereocenters. The van der Waals surface area contributed by atoms with Crippen molar-refractivity contribution in [2.24, 2.45) is 5.92 Å². The fraction of sp³-hybridized carbons (Fsp3) is 0.240. The lowest BCUT2D eigenvalue weighted by molar-refractivity contribution is -0.384. The number of nitrogens with one attached hydrogen (secondary N) is 1. The summed E-state index contributed by atoms with van der Waals surface area (Å²) in [5, 5.41) is 12.3. The summed E-state index contributed by atoms with van der Waals surface area (Å²) in [6, 6.07) is 9.39. The normalized spacial score (nSPS) is 13.7. The zero-order valence-electron chi connectivity index (χ0n) is 19.6. The molecule has 1 fully saturated rings. The van der Waals surface area contributed by atoms with E-state index in [9.17, 15) is 23.3 Å². The Morgan fingerprint density at radius 3 is 2.58 bits per heavy atom. The van der Waals surface area contributed by atoms with E-state index in [0.717, 1.165) is 18.4 Å². The van der Waals surface area contributed by atoms with Crippen molar-refractivity contribution in [2.45, 2.75) is 31.6 Å². The largest absolute Gasteiger partial charge is 0.486 e. The number of rotatable bonds is 7. The van der Waals surface area contributed by atoms with Crippen molar-refractivity contribution in [2.75, 3.05) is 12.3 Å². The van der Waals surface area contributed by atoms with Crippen LogP contribution in [0.4, 0.5) is 11.4 Å². The zero-order valence-corrected chi connectivity index (χ0v) is 20.5. The van der Waals surface area contributed by atoms with Crippen molar-refractivity contribution in [1.82, 2.24) is 8.96 Å². The number of nitrogens with zero attached hydrogens (tertiary/aromatic N) is 2. The van der Waals surface area contributed by atoms with Gasteiger partial charge in [-0.25, -0.2) is 12.4 Å². The number of hydrogen-bond acceptors (Lipinski definition) is 7. The second-order valence-corrected chi connectivity index (χ2v) is 10.9. The highest BCUT2D eigenvalue weighted by Gasteiger charge is 2.30. The van der Waals surface area contributed by atoms with Crippen molar-refractivity contribution in [3.8, 4) is 16.9 Å². The number of aromatic amines is 1. The Hall–Kier alpha value is -4.12. The molecule has 1 saturated carbocycles. The molecule has 0 radical (unpaired) electrons. The van der Waals surface area contributed by atoms with E-state index in [1.807, 2.05) is 6.92 Å². The molecule has 5 rings (SSSR count). The Kier molecular flexibility index (Phi) is 5.59. The molecule has 0 amide bonds. The first kappa shape index (κ1) is 23.6. The predicted molar refractivity (Wildman–Crippen MR) is 136 cm³/mol. The summed E-state index contributed by atoms with van der Waals surface area (Å²) in [7, 11) is -4.30. The predicted octanol–water partition coefficient (Wildman–Crippen LogP) is 4.13. The van der Waals surface area contributed by atoms with Gasteiger partial charge in [0.25, 0.3) is 15.6 Å². The highest BCUT2D eigenvalue weighted by molar-refractivity contribution is 7.90. The molecule has 1 aliphatic carbocycles. The molecule has 11 heteroatoms. The van der Waals surface area contributed by atoms with Crippen molar-refractivity contribution in [3.05, 3.63) is 80.4 Å². The molecule has 0 unspecified atom stereocenters. The zero-order chi connectivity index (χ0) is 25.8. The van der Waals surface area contributed by atoms with Crippen molar-refractivity contribution < 1.29 is 18.1 Å². The number of pyridine rings is 1. The first-order valence-corrected chi connectivity index (χ1v) is 12.8. The van der Waals surface area contributed by atoms with Crippen LogP contribution < -0.4 is 16.0 Å². The number of aryl methyl sites for hydroxylation is 2. The molecular formula is C25H24N4O6S. The third-order valence-electron chi connectivity index (χ3n) is 6.36. The minimum atomic E-state index is -4.30. The number of nitrogen functional groups attached to an aromatic ring is 1. The Bertz CT molecular complexity index is 1700. The highest BCUT2D eigenvalue weighted by atomic mass is 32.2. The van der Waals surface area contributed by atoms with Gasteiger partial charge < -0.3 is 15.5 Å². The molecule has 3 N–H and O–H groups in total. The summed E-state index contributed by atoms with van der Waals surface area (Å²) in [5.74, 6) is 0.244. The maximum atomic E-state index is 13.7. The first-order valence-electron chi connectivity index (χ1n) is 11.3. The van der Waals surface area contributed by atoms with Gasteiger partial charge in [0.15, 0.2) is 0 Å². The third kappa shape index (κ3) is 3.91. The van der Waals surface area contributed by atoms with Crippen LogP contribution in [-0.4, -0.2) is 28.9 Å². The van der Waals surface area contributed by atoms with E-state index >= 15 is 0 Å². The summed E-state index contributed by atoms with van der Waals surface area (Å²) in [6.45, 7) is 3.77. The lowest BCUT2D eigenvalue weighted by atomic mass is 10.0. The second-order valence-electron chi connectivity index (χ2n) is 9.08. The molecule has 0 aliphatic heterocycles. The summed E-state index contributed by atoms with van der Waals surface area (Å²) < 4.78 is 33.9. The quantitative estimate of drug-likeness (QED) is 0.216. The molecule has 2 aromatic carbocycles. The highest BCUT2D eigenvalue weighted by Crippen LogP contribution is 2.44. The van der Waals surface area contributed by atoms with Crippen LogP contribution in [0, 0.1) is 29.9 Å². The summed E-state index contributed by atoms with van der Waals surface area (Å²) in [6.07, 6.45) is 4.64. The van der Waals surface area contributed by atoms with Crippen molar-refractivity contribution in [1.29, 1.82) is 0 Å².